The fourth-order valence-electron chi connectivity index (χ4n) is 7.11. The molecule has 9 nitrogen and oxygen atoms in total. The maximum atomic E-state index is 12.9. The van der Waals surface area contributed by atoms with Gasteiger partial charge in [-0.1, -0.05) is 27.7 Å². The van der Waals surface area contributed by atoms with Crippen LogP contribution in [0.4, 0.5) is 5.69 Å². The van der Waals surface area contributed by atoms with Crippen LogP contribution in [0, 0.1) is 32.8 Å². The van der Waals surface area contributed by atoms with E-state index in [1.54, 1.807) is 0 Å². The standard InChI is InChI=1S/C23H28N2O7/c1-10-5-6-14-21(2,3)18(27)13(26)9-23(14)22(10,4)8-11-7-12(25(30)31)15-16(17(11)32-23)20(29)24-19(15)28/h7,10,13-14,20,26,29H,5-6,8-9H2,1-4H3,(H,24,28)/t10-,13?,14-,20?,22+,23-/m0/s1. The highest BCUT2D eigenvalue weighted by atomic mass is 16.6. The first-order chi connectivity index (χ1) is 14.8. The van der Waals surface area contributed by atoms with Crippen LogP contribution in [0.25, 0.3) is 0 Å². The van der Waals surface area contributed by atoms with E-state index in [2.05, 4.69) is 19.2 Å². The van der Waals surface area contributed by atoms with Gasteiger partial charge in [0.2, 0.25) is 0 Å². The number of ketones is 1. The summed E-state index contributed by atoms with van der Waals surface area (Å²) in [6.07, 6.45) is -0.468. The summed E-state index contributed by atoms with van der Waals surface area (Å²) in [7, 11) is 0. The van der Waals surface area contributed by atoms with E-state index in [0.29, 0.717) is 12.0 Å². The molecule has 0 bridgehead atoms. The Morgan fingerprint density at radius 3 is 2.56 bits per heavy atom. The van der Waals surface area contributed by atoms with Crippen LogP contribution in [0.2, 0.25) is 0 Å². The lowest BCUT2D eigenvalue weighted by atomic mass is 9.43. The third-order valence-corrected chi connectivity index (χ3v) is 8.99. The van der Waals surface area contributed by atoms with Crippen molar-refractivity contribution in [3.8, 4) is 5.75 Å². The van der Waals surface area contributed by atoms with Crippen molar-refractivity contribution in [2.75, 3.05) is 0 Å². The zero-order chi connectivity index (χ0) is 23.4. The van der Waals surface area contributed by atoms with Crippen molar-refractivity contribution in [2.24, 2.45) is 22.7 Å². The largest absolute Gasteiger partial charge is 0.485 e. The van der Waals surface area contributed by atoms with Gasteiger partial charge >= 0.3 is 0 Å². The van der Waals surface area contributed by atoms with Gasteiger partial charge in [0.05, 0.1) is 10.5 Å². The maximum Gasteiger partial charge on any atom is 0.283 e. The summed E-state index contributed by atoms with van der Waals surface area (Å²) >= 11 is 0. The molecule has 2 saturated carbocycles. The number of hydrogen-bond acceptors (Lipinski definition) is 7. The number of aliphatic hydroxyl groups is 2. The number of amides is 1. The SMILES string of the molecule is C[C@H]1CC[C@H]2C(C)(C)C(=O)C(O)C[C@]23Oc2c(cc([N+](=O)[O-])c4c2C(O)NC4=O)C[C@]13C. The monoisotopic (exact) mass is 444 g/mol. The second kappa shape index (κ2) is 6.29. The Balaban J connectivity index is 1.78. The molecular weight excluding hydrogens is 416 g/mol. The Labute approximate surface area is 185 Å². The van der Waals surface area contributed by atoms with E-state index in [4.69, 9.17) is 4.74 Å². The zero-order valence-corrected chi connectivity index (χ0v) is 18.6. The van der Waals surface area contributed by atoms with Crippen LogP contribution in [0.5, 0.6) is 5.75 Å². The number of carbonyl (C=O) groups excluding carboxylic acids is 2. The van der Waals surface area contributed by atoms with E-state index in [0.717, 1.165) is 12.8 Å². The van der Waals surface area contributed by atoms with Crippen molar-refractivity contribution >= 4 is 17.4 Å². The number of aliphatic hydroxyl groups excluding tert-OH is 2. The van der Waals surface area contributed by atoms with Crippen LogP contribution in [0.15, 0.2) is 6.07 Å². The first kappa shape index (κ1) is 21.3. The number of Topliss-reactive ketones (excluding diaryl/α,β-unsaturated/α-hetero) is 1. The normalized spacial score (nSPS) is 39.2. The summed E-state index contributed by atoms with van der Waals surface area (Å²) in [5, 5.41) is 35.5. The van der Waals surface area contributed by atoms with Crippen LogP contribution in [-0.4, -0.2) is 38.5 Å². The predicted molar refractivity (Wildman–Crippen MR) is 112 cm³/mol. The lowest BCUT2D eigenvalue weighted by Gasteiger charge is -2.66. The Hall–Kier alpha value is -2.52. The molecule has 0 aromatic heterocycles. The van der Waals surface area contributed by atoms with Gasteiger partial charge < -0.3 is 20.3 Å². The van der Waals surface area contributed by atoms with Gasteiger partial charge in [0.1, 0.15) is 23.0 Å². The predicted octanol–water partition coefficient (Wildman–Crippen LogP) is 2.42. The van der Waals surface area contributed by atoms with E-state index in [1.165, 1.54) is 6.07 Å². The molecule has 4 aliphatic rings. The molecular formula is C23H28N2O7. The molecule has 5 rings (SSSR count). The van der Waals surface area contributed by atoms with Gasteiger partial charge in [0, 0.05) is 34.8 Å². The minimum atomic E-state index is -1.42. The second-order valence-corrected chi connectivity index (χ2v) is 10.7. The molecule has 2 heterocycles. The second-order valence-electron chi connectivity index (χ2n) is 10.7. The molecule has 3 N–H and O–H groups in total. The molecule has 2 aliphatic carbocycles. The number of nitro benzene ring substituents is 1. The van der Waals surface area contributed by atoms with Crippen LogP contribution in [0.3, 0.4) is 0 Å². The molecule has 1 spiro atoms. The molecule has 0 saturated heterocycles. The Kier molecular flexibility index (Phi) is 4.19. The molecule has 0 radical (unpaired) electrons. The summed E-state index contributed by atoms with van der Waals surface area (Å²) in [4.78, 5) is 36.5. The number of nitrogens with one attached hydrogen (secondary N) is 1. The van der Waals surface area contributed by atoms with Crippen LogP contribution in [-0.2, 0) is 11.2 Å². The lowest BCUT2D eigenvalue weighted by Crippen LogP contribution is -2.72. The van der Waals surface area contributed by atoms with Crippen molar-refractivity contribution in [3.63, 3.8) is 0 Å². The highest BCUT2D eigenvalue weighted by Gasteiger charge is 2.69. The maximum absolute atomic E-state index is 12.9. The van der Waals surface area contributed by atoms with Gasteiger partial charge in [-0.3, -0.25) is 19.7 Å². The summed E-state index contributed by atoms with van der Waals surface area (Å²) in [6.45, 7) is 7.88. The molecule has 6 atom stereocenters. The number of benzene rings is 1. The van der Waals surface area contributed by atoms with Gasteiger partial charge in [0.15, 0.2) is 12.0 Å². The zero-order valence-electron chi connectivity index (χ0n) is 18.6. The van der Waals surface area contributed by atoms with Gasteiger partial charge in [-0.05, 0) is 25.2 Å². The van der Waals surface area contributed by atoms with Crippen molar-refractivity contribution in [1.82, 2.24) is 5.32 Å². The molecule has 172 valence electrons. The molecule has 32 heavy (non-hydrogen) atoms. The van der Waals surface area contributed by atoms with Crippen molar-refractivity contribution in [2.45, 2.75) is 71.3 Å². The number of carbonyl (C=O) groups is 2. The average molecular weight is 444 g/mol. The van der Waals surface area contributed by atoms with E-state index >= 15 is 0 Å². The average Bonchev–Trinajstić information content (AvgIpc) is 3.00. The first-order valence-electron chi connectivity index (χ1n) is 11.1. The number of hydrogen-bond donors (Lipinski definition) is 3. The number of ether oxygens (including phenoxy) is 1. The molecule has 1 amide bonds. The fourth-order valence-corrected chi connectivity index (χ4v) is 7.11. The summed E-state index contributed by atoms with van der Waals surface area (Å²) < 4.78 is 6.76. The third kappa shape index (κ3) is 2.35. The highest BCUT2D eigenvalue weighted by molar-refractivity contribution is 6.04. The summed E-state index contributed by atoms with van der Waals surface area (Å²) in [6, 6.07) is 1.38. The number of nitro groups is 1. The minimum Gasteiger partial charge on any atom is -0.485 e. The number of fused-ring (bicyclic) bond motifs is 3. The van der Waals surface area contributed by atoms with Crippen molar-refractivity contribution < 1.29 is 29.5 Å². The van der Waals surface area contributed by atoms with Gasteiger partial charge in [-0.2, -0.15) is 0 Å². The van der Waals surface area contributed by atoms with E-state index in [1.807, 2.05) is 13.8 Å². The summed E-state index contributed by atoms with van der Waals surface area (Å²) in [5.74, 6) is -0.673. The molecule has 1 aromatic rings. The van der Waals surface area contributed by atoms with Crippen molar-refractivity contribution in [1.29, 1.82) is 0 Å². The first-order valence-corrected chi connectivity index (χ1v) is 11.1. The third-order valence-electron chi connectivity index (χ3n) is 8.99. The van der Waals surface area contributed by atoms with Crippen LogP contribution in [0.1, 0.15) is 74.7 Å². The topological polar surface area (TPSA) is 139 Å². The smallest absolute Gasteiger partial charge is 0.283 e. The van der Waals surface area contributed by atoms with Crippen LogP contribution >= 0.6 is 0 Å². The highest BCUT2D eigenvalue weighted by Crippen LogP contribution is 2.66. The Morgan fingerprint density at radius 1 is 1.22 bits per heavy atom. The Morgan fingerprint density at radius 2 is 1.91 bits per heavy atom. The number of nitrogens with zero attached hydrogens (tertiary/aromatic N) is 1. The minimum absolute atomic E-state index is 0.0804. The Bertz CT molecular complexity index is 1080. The van der Waals surface area contributed by atoms with Gasteiger partial charge in [0.25, 0.3) is 11.6 Å². The summed E-state index contributed by atoms with van der Waals surface area (Å²) in [5.41, 5.74) is -2.14. The van der Waals surface area contributed by atoms with Gasteiger partial charge in [-0.15, -0.1) is 0 Å². The van der Waals surface area contributed by atoms with E-state index in [9.17, 15) is 29.9 Å². The quantitative estimate of drug-likeness (QED) is 0.446. The van der Waals surface area contributed by atoms with Gasteiger partial charge in [-0.25, -0.2) is 0 Å². The lowest BCUT2D eigenvalue weighted by molar-refractivity contribution is -0.385. The fraction of sp³-hybridized carbons (Fsp3) is 0.652. The molecule has 2 fully saturated rings. The van der Waals surface area contributed by atoms with Crippen LogP contribution < -0.4 is 10.1 Å². The van der Waals surface area contributed by atoms with E-state index < -0.39 is 39.6 Å². The molecule has 2 unspecified atom stereocenters. The molecule has 2 aliphatic heterocycles. The molecule has 1 aromatic carbocycles. The number of rotatable bonds is 1. The molecule has 9 heteroatoms. The van der Waals surface area contributed by atoms with E-state index in [-0.39, 0.29) is 46.6 Å². The van der Waals surface area contributed by atoms with Crippen molar-refractivity contribution in [3.05, 3.63) is 32.9 Å².